The van der Waals surface area contributed by atoms with Crippen LogP contribution in [0.15, 0.2) is 42.5 Å². The molecule has 2 aromatic carbocycles. The average molecular weight is 290 g/mol. The van der Waals surface area contributed by atoms with Crippen LogP contribution in [0.4, 0.5) is 5.69 Å². The van der Waals surface area contributed by atoms with Crippen molar-refractivity contribution in [2.75, 3.05) is 5.32 Å². The Kier molecular flexibility index (Phi) is 4.64. The lowest BCUT2D eigenvalue weighted by atomic mass is 10.1. The van der Waals surface area contributed by atoms with E-state index in [0.29, 0.717) is 6.54 Å². The van der Waals surface area contributed by atoms with Crippen molar-refractivity contribution in [3.63, 3.8) is 0 Å². The first kappa shape index (κ1) is 14.4. The summed E-state index contributed by atoms with van der Waals surface area (Å²) in [6, 6.07) is 13.2. The van der Waals surface area contributed by atoms with Gasteiger partial charge in [0.25, 0.3) is 0 Å². The van der Waals surface area contributed by atoms with Gasteiger partial charge in [-0.2, -0.15) is 0 Å². The van der Waals surface area contributed by atoms with Crippen LogP contribution in [0, 0.1) is 0 Å². The minimum Gasteiger partial charge on any atom is -0.478 e. The smallest absolute Gasteiger partial charge is 0.337 e. The van der Waals surface area contributed by atoms with Gasteiger partial charge in [-0.25, -0.2) is 4.79 Å². The minimum atomic E-state index is -1.02. The van der Waals surface area contributed by atoms with Crippen LogP contribution in [-0.2, 0) is 13.0 Å². The summed E-state index contributed by atoms with van der Waals surface area (Å²) >= 11 is 5.92. The average Bonchev–Trinajstić information content (AvgIpc) is 2.45. The number of rotatable bonds is 5. The number of carboxylic acid groups (broad SMARTS) is 1. The first-order chi connectivity index (χ1) is 9.60. The Bertz CT molecular complexity index is 608. The van der Waals surface area contributed by atoms with E-state index in [9.17, 15) is 4.79 Å². The van der Waals surface area contributed by atoms with Gasteiger partial charge in [0.05, 0.1) is 10.6 Å². The lowest BCUT2D eigenvalue weighted by Gasteiger charge is -2.08. The van der Waals surface area contributed by atoms with E-state index in [1.54, 1.807) is 12.1 Å². The van der Waals surface area contributed by atoms with Crippen molar-refractivity contribution in [1.82, 2.24) is 0 Å². The highest BCUT2D eigenvalue weighted by Gasteiger charge is 2.08. The van der Waals surface area contributed by atoms with Gasteiger partial charge in [-0.05, 0) is 35.7 Å². The van der Waals surface area contributed by atoms with E-state index in [1.165, 1.54) is 17.2 Å². The summed E-state index contributed by atoms with van der Waals surface area (Å²) in [6.45, 7) is 2.80. The summed E-state index contributed by atoms with van der Waals surface area (Å²) in [5, 5.41) is 12.4. The highest BCUT2D eigenvalue weighted by atomic mass is 35.5. The van der Waals surface area contributed by atoms with E-state index in [-0.39, 0.29) is 10.6 Å². The second-order valence-corrected chi connectivity index (χ2v) is 4.93. The van der Waals surface area contributed by atoms with Crippen molar-refractivity contribution in [3.8, 4) is 0 Å². The van der Waals surface area contributed by atoms with Gasteiger partial charge in [-0.3, -0.25) is 0 Å². The molecule has 0 saturated carbocycles. The molecule has 0 radical (unpaired) electrons. The maximum Gasteiger partial charge on any atom is 0.337 e. The van der Waals surface area contributed by atoms with Crippen LogP contribution < -0.4 is 5.32 Å². The van der Waals surface area contributed by atoms with Crippen LogP contribution >= 0.6 is 11.6 Å². The summed E-state index contributed by atoms with van der Waals surface area (Å²) < 4.78 is 0. The number of halogens is 1. The predicted octanol–water partition coefficient (Wildman–Crippen LogP) is 4.21. The van der Waals surface area contributed by atoms with Crippen LogP contribution in [0.25, 0.3) is 0 Å². The van der Waals surface area contributed by atoms with E-state index in [0.717, 1.165) is 12.1 Å². The van der Waals surface area contributed by atoms with Crippen LogP contribution in [0.3, 0.4) is 0 Å². The Hall–Kier alpha value is -2.00. The highest BCUT2D eigenvalue weighted by molar-refractivity contribution is 6.33. The zero-order valence-corrected chi connectivity index (χ0v) is 11.9. The minimum absolute atomic E-state index is 0.115. The standard InChI is InChI=1S/C16H16ClNO2/c1-2-11-3-5-12(6-4-11)10-18-13-7-8-14(16(19)20)15(17)9-13/h3-9,18H,2,10H2,1H3,(H,19,20). The number of hydrogen-bond donors (Lipinski definition) is 2. The summed E-state index contributed by atoms with van der Waals surface area (Å²) in [5.74, 6) is -1.02. The van der Waals surface area contributed by atoms with Crippen molar-refractivity contribution in [2.45, 2.75) is 19.9 Å². The number of hydrogen-bond acceptors (Lipinski definition) is 2. The van der Waals surface area contributed by atoms with Gasteiger partial charge in [0, 0.05) is 12.2 Å². The van der Waals surface area contributed by atoms with Gasteiger partial charge in [-0.15, -0.1) is 0 Å². The maximum atomic E-state index is 10.9. The Balaban J connectivity index is 2.03. The van der Waals surface area contributed by atoms with Gasteiger partial charge in [-0.1, -0.05) is 42.8 Å². The fourth-order valence-corrected chi connectivity index (χ4v) is 2.16. The van der Waals surface area contributed by atoms with Crippen LogP contribution in [-0.4, -0.2) is 11.1 Å². The number of carbonyl (C=O) groups is 1. The number of benzene rings is 2. The Morgan fingerprint density at radius 1 is 1.15 bits per heavy atom. The molecule has 3 nitrogen and oxygen atoms in total. The predicted molar refractivity (Wildman–Crippen MR) is 81.6 cm³/mol. The molecule has 0 heterocycles. The fraction of sp³-hybridized carbons (Fsp3) is 0.188. The molecule has 0 aliphatic carbocycles. The number of carboxylic acids is 1. The summed E-state index contributed by atoms with van der Waals surface area (Å²) in [5.41, 5.74) is 3.40. The molecule has 0 saturated heterocycles. The van der Waals surface area contributed by atoms with Crippen molar-refractivity contribution >= 4 is 23.3 Å². The van der Waals surface area contributed by atoms with Crippen LogP contribution in [0.5, 0.6) is 0 Å². The Morgan fingerprint density at radius 2 is 1.80 bits per heavy atom. The third-order valence-electron chi connectivity index (χ3n) is 3.13. The SMILES string of the molecule is CCc1ccc(CNc2ccc(C(=O)O)c(Cl)c2)cc1. The molecule has 0 aliphatic rings. The zero-order valence-electron chi connectivity index (χ0n) is 11.2. The molecule has 0 fully saturated rings. The molecule has 0 aliphatic heterocycles. The molecule has 0 bridgehead atoms. The third-order valence-corrected chi connectivity index (χ3v) is 3.44. The monoisotopic (exact) mass is 289 g/mol. The maximum absolute atomic E-state index is 10.9. The molecular formula is C16H16ClNO2. The highest BCUT2D eigenvalue weighted by Crippen LogP contribution is 2.21. The van der Waals surface area contributed by atoms with Crippen LogP contribution in [0.1, 0.15) is 28.4 Å². The van der Waals surface area contributed by atoms with Gasteiger partial charge in [0.15, 0.2) is 0 Å². The van der Waals surface area contributed by atoms with E-state index in [4.69, 9.17) is 16.7 Å². The molecule has 0 unspecified atom stereocenters. The summed E-state index contributed by atoms with van der Waals surface area (Å²) in [7, 11) is 0. The molecule has 2 N–H and O–H groups in total. The first-order valence-electron chi connectivity index (χ1n) is 6.44. The molecular weight excluding hydrogens is 274 g/mol. The summed E-state index contributed by atoms with van der Waals surface area (Å²) in [6.07, 6.45) is 1.03. The molecule has 2 rings (SSSR count). The first-order valence-corrected chi connectivity index (χ1v) is 6.82. The molecule has 0 aromatic heterocycles. The van der Waals surface area contributed by atoms with Crippen molar-refractivity contribution in [1.29, 1.82) is 0 Å². The fourth-order valence-electron chi connectivity index (χ4n) is 1.90. The van der Waals surface area contributed by atoms with Crippen LogP contribution in [0.2, 0.25) is 5.02 Å². The molecule has 0 atom stereocenters. The number of anilines is 1. The number of aryl methyl sites for hydroxylation is 1. The van der Waals surface area contributed by atoms with E-state index < -0.39 is 5.97 Å². The lowest BCUT2D eigenvalue weighted by Crippen LogP contribution is -2.02. The molecule has 20 heavy (non-hydrogen) atoms. The zero-order chi connectivity index (χ0) is 14.5. The van der Waals surface area contributed by atoms with Gasteiger partial charge >= 0.3 is 5.97 Å². The molecule has 0 spiro atoms. The van der Waals surface area contributed by atoms with Gasteiger partial charge < -0.3 is 10.4 Å². The van der Waals surface area contributed by atoms with Crippen molar-refractivity contribution in [2.24, 2.45) is 0 Å². The van der Waals surface area contributed by atoms with E-state index >= 15 is 0 Å². The Labute approximate surface area is 123 Å². The van der Waals surface area contributed by atoms with Crippen molar-refractivity contribution < 1.29 is 9.90 Å². The number of nitrogens with one attached hydrogen (secondary N) is 1. The van der Waals surface area contributed by atoms with Crippen molar-refractivity contribution in [3.05, 3.63) is 64.2 Å². The molecule has 104 valence electrons. The quantitative estimate of drug-likeness (QED) is 0.867. The molecule has 4 heteroatoms. The lowest BCUT2D eigenvalue weighted by molar-refractivity contribution is 0.0697. The largest absolute Gasteiger partial charge is 0.478 e. The summed E-state index contributed by atoms with van der Waals surface area (Å²) in [4.78, 5) is 10.9. The van der Waals surface area contributed by atoms with E-state index in [1.807, 2.05) is 0 Å². The number of aromatic carboxylic acids is 1. The van der Waals surface area contributed by atoms with Gasteiger partial charge in [0.2, 0.25) is 0 Å². The second kappa shape index (κ2) is 6.44. The third kappa shape index (κ3) is 3.52. The van der Waals surface area contributed by atoms with E-state index in [2.05, 4.69) is 36.5 Å². The Morgan fingerprint density at radius 3 is 2.35 bits per heavy atom. The normalized spacial score (nSPS) is 10.3. The topological polar surface area (TPSA) is 49.3 Å². The van der Waals surface area contributed by atoms with Gasteiger partial charge in [0.1, 0.15) is 0 Å². The second-order valence-electron chi connectivity index (χ2n) is 4.52. The molecule has 2 aromatic rings. The molecule has 0 amide bonds.